The predicted molar refractivity (Wildman–Crippen MR) is 119 cm³/mol. The molecule has 0 aliphatic heterocycles. The summed E-state index contributed by atoms with van der Waals surface area (Å²) in [5.74, 6) is 0.821. The predicted octanol–water partition coefficient (Wildman–Crippen LogP) is 4.08. The number of nitrogens with two attached hydrogens (primary N) is 1. The van der Waals surface area contributed by atoms with Crippen LogP contribution in [0, 0.1) is 6.92 Å². The van der Waals surface area contributed by atoms with Crippen molar-refractivity contribution >= 4 is 27.7 Å². The molecule has 0 saturated heterocycles. The molecular weight excluding hydrogens is 436 g/mol. The number of aromatic nitrogens is 2. The van der Waals surface area contributed by atoms with E-state index in [0.717, 1.165) is 21.8 Å². The minimum atomic E-state index is -4.06. The Kier molecular flexibility index (Phi) is 6.03. The Balaban J connectivity index is 1.54. The molecule has 0 unspecified atom stereocenters. The van der Waals surface area contributed by atoms with Crippen molar-refractivity contribution < 1.29 is 17.0 Å². The zero-order valence-corrected chi connectivity index (χ0v) is 18.2. The second-order valence-electron chi connectivity index (χ2n) is 6.81. The van der Waals surface area contributed by atoms with Gasteiger partial charge in [-0.3, -0.25) is 0 Å². The molecular formula is C21H20N4O4S2. The number of aryl methyl sites for hydroxylation is 1. The van der Waals surface area contributed by atoms with Crippen molar-refractivity contribution in [1.29, 1.82) is 0 Å². The molecule has 0 aliphatic carbocycles. The van der Waals surface area contributed by atoms with Gasteiger partial charge in [-0.2, -0.15) is 13.6 Å². The summed E-state index contributed by atoms with van der Waals surface area (Å²) in [6.45, 7) is 1.95. The lowest BCUT2D eigenvalue weighted by Crippen LogP contribution is -2.19. The number of nitrogens with zero attached hydrogens (tertiary/aromatic N) is 2. The highest BCUT2D eigenvalue weighted by atomic mass is 32.2. The van der Waals surface area contributed by atoms with Crippen LogP contribution in [0.3, 0.4) is 0 Å². The van der Waals surface area contributed by atoms with E-state index >= 15 is 0 Å². The van der Waals surface area contributed by atoms with Gasteiger partial charge in [0.1, 0.15) is 5.75 Å². The molecule has 31 heavy (non-hydrogen) atoms. The van der Waals surface area contributed by atoms with Gasteiger partial charge < -0.3 is 13.9 Å². The Morgan fingerprint density at radius 3 is 2.55 bits per heavy atom. The average molecular weight is 457 g/mol. The zero-order valence-electron chi connectivity index (χ0n) is 16.6. The summed E-state index contributed by atoms with van der Waals surface area (Å²) < 4.78 is 32.7. The summed E-state index contributed by atoms with van der Waals surface area (Å²) in [6, 6.07) is 16.6. The third kappa shape index (κ3) is 5.69. The molecule has 4 rings (SSSR count). The largest absolute Gasteiger partial charge is 0.424 e. The fourth-order valence-corrected chi connectivity index (χ4v) is 4.09. The van der Waals surface area contributed by atoms with Gasteiger partial charge in [0, 0.05) is 10.9 Å². The Hall–Kier alpha value is -3.21. The number of nitrogens with one attached hydrogen (secondary N) is 1. The van der Waals surface area contributed by atoms with Crippen LogP contribution in [-0.2, 0) is 16.7 Å². The van der Waals surface area contributed by atoms with Crippen molar-refractivity contribution in [2.45, 2.75) is 19.4 Å². The lowest BCUT2D eigenvalue weighted by molar-refractivity contribution is 0.487. The van der Waals surface area contributed by atoms with Crippen LogP contribution < -0.4 is 14.6 Å². The number of hydrogen-bond donors (Lipinski definition) is 2. The van der Waals surface area contributed by atoms with E-state index in [1.165, 1.54) is 0 Å². The highest BCUT2D eigenvalue weighted by Crippen LogP contribution is 2.28. The van der Waals surface area contributed by atoms with Gasteiger partial charge >= 0.3 is 10.3 Å². The topological polar surface area (TPSA) is 120 Å². The van der Waals surface area contributed by atoms with E-state index in [1.54, 1.807) is 41.8 Å². The molecule has 0 radical (unpaired) electrons. The molecule has 10 heteroatoms. The maximum absolute atomic E-state index is 11.1. The maximum Gasteiger partial charge on any atom is 0.380 e. The lowest BCUT2D eigenvalue weighted by atomic mass is 10.0. The first-order valence-electron chi connectivity index (χ1n) is 9.37. The van der Waals surface area contributed by atoms with Gasteiger partial charge in [-0.25, -0.2) is 9.97 Å². The van der Waals surface area contributed by atoms with E-state index in [0.29, 0.717) is 18.2 Å². The molecule has 0 bridgehead atoms. The summed E-state index contributed by atoms with van der Waals surface area (Å²) in [4.78, 5) is 8.96. The number of hydrogen-bond acceptors (Lipinski definition) is 8. The summed E-state index contributed by atoms with van der Waals surface area (Å²) in [7, 11) is -4.06. The van der Waals surface area contributed by atoms with Gasteiger partial charge in [0.25, 0.3) is 6.01 Å². The first-order chi connectivity index (χ1) is 14.9. The third-order valence-electron chi connectivity index (χ3n) is 4.43. The molecule has 0 saturated carbocycles. The Bertz CT molecular complexity index is 1250. The van der Waals surface area contributed by atoms with Crippen molar-refractivity contribution in [3.63, 3.8) is 0 Å². The minimum absolute atomic E-state index is 0.153. The molecule has 1 atom stereocenters. The summed E-state index contributed by atoms with van der Waals surface area (Å²) >= 11 is 1.56. The molecule has 4 aromatic rings. The molecule has 8 nitrogen and oxygen atoms in total. The van der Waals surface area contributed by atoms with Crippen LogP contribution in [0.5, 0.6) is 5.75 Å². The van der Waals surface area contributed by atoms with Crippen molar-refractivity contribution in [2.24, 2.45) is 5.14 Å². The molecule has 3 N–H and O–H groups in total. The lowest BCUT2D eigenvalue weighted by Gasteiger charge is -2.16. The molecule has 160 valence electrons. The number of oxazole rings is 1. The number of rotatable bonds is 8. The minimum Gasteiger partial charge on any atom is -0.424 e. The zero-order chi connectivity index (χ0) is 21.8. The second-order valence-corrected chi connectivity index (χ2v) is 9.02. The van der Waals surface area contributed by atoms with Crippen LogP contribution in [-0.4, -0.2) is 18.4 Å². The molecule has 2 aromatic carbocycles. The normalized spacial score (nSPS) is 12.5. The Morgan fingerprint density at radius 1 is 1.16 bits per heavy atom. The van der Waals surface area contributed by atoms with Crippen molar-refractivity contribution in [3.05, 3.63) is 82.4 Å². The fraction of sp³-hybridized carbons (Fsp3) is 0.143. The smallest absolute Gasteiger partial charge is 0.380 e. The van der Waals surface area contributed by atoms with Gasteiger partial charge in [-0.05, 0) is 31.0 Å². The van der Waals surface area contributed by atoms with E-state index in [4.69, 9.17) is 9.56 Å². The quantitative estimate of drug-likeness (QED) is 0.410. The van der Waals surface area contributed by atoms with Crippen LogP contribution >= 0.6 is 11.3 Å². The summed E-state index contributed by atoms with van der Waals surface area (Å²) in [5, 5.41) is 11.2. The Labute approximate surface area is 184 Å². The van der Waals surface area contributed by atoms with E-state index in [-0.39, 0.29) is 11.8 Å². The SMILES string of the molecule is Cc1nc([C@H](Cc2ccc(OS(N)(=O)=O)cc2)Nc2ncc(-c3ccccc3)o2)cs1. The highest BCUT2D eigenvalue weighted by molar-refractivity contribution is 7.84. The van der Waals surface area contributed by atoms with E-state index < -0.39 is 10.3 Å². The van der Waals surface area contributed by atoms with Crippen LogP contribution in [0.4, 0.5) is 6.01 Å². The number of thiazole rings is 1. The van der Waals surface area contributed by atoms with Gasteiger partial charge in [0.2, 0.25) is 0 Å². The van der Waals surface area contributed by atoms with Crippen LogP contribution in [0.1, 0.15) is 22.3 Å². The number of benzene rings is 2. The summed E-state index contributed by atoms with van der Waals surface area (Å²) in [5.41, 5.74) is 2.75. The summed E-state index contributed by atoms with van der Waals surface area (Å²) in [6.07, 6.45) is 2.25. The van der Waals surface area contributed by atoms with Crippen molar-refractivity contribution in [3.8, 4) is 17.1 Å². The van der Waals surface area contributed by atoms with E-state index in [9.17, 15) is 8.42 Å². The Morgan fingerprint density at radius 2 is 1.90 bits per heavy atom. The maximum atomic E-state index is 11.1. The second kappa shape index (κ2) is 8.88. The molecule has 2 heterocycles. The van der Waals surface area contributed by atoms with E-state index in [1.807, 2.05) is 42.6 Å². The number of anilines is 1. The first-order valence-corrected chi connectivity index (χ1v) is 11.7. The van der Waals surface area contributed by atoms with E-state index in [2.05, 4.69) is 19.5 Å². The highest BCUT2D eigenvalue weighted by Gasteiger charge is 2.18. The monoisotopic (exact) mass is 456 g/mol. The molecule has 0 amide bonds. The molecule has 0 aliphatic rings. The van der Waals surface area contributed by atoms with Crippen LogP contribution in [0.25, 0.3) is 11.3 Å². The van der Waals surface area contributed by atoms with Crippen LogP contribution in [0.15, 0.2) is 70.6 Å². The molecule has 0 fully saturated rings. The first kappa shape index (κ1) is 21.0. The fourth-order valence-electron chi connectivity index (χ4n) is 3.05. The molecule has 2 aromatic heterocycles. The van der Waals surface area contributed by atoms with Crippen molar-refractivity contribution in [1.82, 2.24) is 9.97 Å². The van der Waals surface area contributed by atoms with Crippen LogP contribution in [0.2, 0.25) is 0 Å². The van der Waals surface area contributed by atoms with Gasteiger partial charge in [0.05, 0.1) is 22.9 Å². The molecule has 0 spiro atoms. The average Bonchev–Trinajstić information content (AvgIpc) is 3.38. The third-order valence-corrected chi connectivity index (χ3v) is 5.65. The van der Waals surface area contributed by atoms with Gasteiger partial charge in [0.15, 0.2) is 5.76 Å². The van der Waals surface area contributed by atoms with Crippen molar-refractivity contribution in [2.75, 3.05) is 5.32 Å². The standard InChI is InChI=1S/C21H20N4O4S2/c1-14-24-19(13-30-14)18(11-15-7-9-17(10-8-15)29-31(22,26)27)25-21-23-12-20(28-21)16-5-3-2-4-6-16/h2-10,12-13,18H,11H2,1H3,(H,23,25)(H2,22,26,27)/t18-/m0/s1. The van der Waals surface area contributed by atoms with Gasteiger partial charge in [-0.1, -0.05) is 42.5 Å². The van der Waals surface area contributed by atoms with Gasteiger partial charge in [-0.15, -0.1) is 11.3 Å².